The number of aromatic nitrogens is 3. The summed E-state index contributed by atoms with van der Waals surface area (Å²) in [7, 11) is 0. The molecule has 0 amide bonds. The molecule has 0 aliphatic carbocycles. The van der Waals surface area contributed by atoms with Crippen LogP contribution in [0.15, 0.2) is 24.3 Å². The van der Waals surface area contributed by atoms with Gasteiger partial charge in [-0.2, -0.15) is 0 Å². The van der Waals surface area contributed by atoms with Crippen LogP contribution in [0.3, 0.4) is 0 Å². The summed E-state index contributed by atoms with van der Waals surface area (Å²) in [6, 6.07) is 8.30. The molecule has 20 heavy (non-hydrogen) atoms. The lowest BCUT2D eigenvalue weighted by Gasteiger charge is -2.21. The molecule has 5 heteroatoms. The van der Waals surface area contributed by atoms with Gasteiger partial charge in [0.1, 0.15) is 11.6 Å². The van der Waals surface area contributed by atoms with Crippen LogP contribution in [-0.4, -0.2) is 25.8 Å². The highest BCUT2D eigenvalue weighted by Gasteiger charge is 2.27. The Hall–Kier alpha value is -2.17. The van der Waals surface area contributed by atoms with E-state index in [0.29, 0.717) is 25.8 Å². The third kappa shape index (κ3) is 2.43. The summed E-state index contributed by atoms with van der Waals surface area (Å²) >= 11 is 0. The lowest BCUT2D eigenvalue weighted by molar-refractivity contribution is -0.142. The fourth-order valence-electron chi connectivity index (χ4n) is 2.60. The summed E-state index contributed by atoms with van der Waals surface area (Å²) < 4.78 is 1.97. The largest absolute Gasteiger partial charge is 0.481 e. The molecule has 0 fully saturated rings. The first-order valence-corrected chi connectivity index (χ1v) is 6.83. The summed E-state index contributed by atoms with van der Waals surface area (Å²) in [6.45, 7) is 2.54. The van der Waals surface area contributed by atoms with Crippen LogP contribution in [0, 0.1) is 12.8 Å². The number of hydrogen-bond acceptors (Lipinski definition) is 3. The normalized spacial score (nSPS) is 17.8. The summed E-state index contributed by atoms with van der Waals surface area (Å²) in [5.74, 6) is 0.709. The van der Waals surface area contributed by atoms with E-state index in [0.717, 1.165) is 11.6 Å². The number of carboxylic acids is 1. The summed E-state index contributed by atoms with van der Waals surface area (Å²) in [5, 5.41) is 17.6. The number of hydrogen-bond donors (Lipinski definition) is 1. The Morgan fingerprint density at radius 2 is 2.10 bits per heavy atom. The smallest absolute Gasteiger partial charge is 0.308 e. The van der Waals surface area contributed by atoms with Gasteiger partial charge in [-0.25, -0.2) is 0 Å². The molecule has 1 atom stereocenters. The number of aryl methyl sites for hydroxylation is 2. The van der Waals surface area contributed by atoms with Crippen LogP contribution in [-0.2, 0) is 24.2 Å². The van der Waals surface area contributed by atoms with Gasteiger partial charge in [-0.15, -0.1) is 10.2 Å². The van der Waals surface area contributed by atoms with E-state index in [2.05, 4.69) is 41.4 Å². The van der Waals surface area contributed by atoms with Gasteiger partial charge in [0.2, 0.25) is 0 Å². The second-order valence-corrected chi connectivity index (χ2v) is 5.38. The zero-order valence-corrected chi connectivity index (χ0v) is 11.4. The highest BCUT2D eigenvalue weighted by atomic mass is 16.4. The predicted octanol–water partition coefficient (Wildman–Crippen LogP) is 1.82. The molecule has 1 aromatic heterocycles. The first kappa shape index (κ1) is 12.8. The second kappa shape index (κ2) is 5.07. The Kier molecular flexibility index (Phi) is 3.26. The van der Waals surface area contributed by atoms with E-state index >= 15 is 0 Å². The van der Waals surface area contributed by atoms with E-state index < -0.39 is 5.97 Å². The van der Waals surface area contributed by atoms with Crippen molar-refractivity contribution in [3.8, 4) is 0 Å². The lowest BCUT2D eigenvalue weighted by atomic mass is 9.99. The van der Waals surface area contributed by atoms with Crippen LogP contribution >= 0.6 is 0 Å². The molecule has 0 radical (unpaired) electrons. The third-order valence-electron chi connectivity index (χ3n) is 3.86. The standard InChI is InChI=1S/C15H17N3O2/c1-10-2-4-11(5-3-10)8-14-17-16-13-7-6-12(15(19)20)9-18(13)14/h2-5,12H,6-9H2,1H3,(H,19,20). The van der Waals surface area contributed by atoms with Crippen LogP contribution in [0.25, 0.3) is 0 Å². The zero-order valence-electron chi connectivity index (χ0n) is 11.4. The summed E-state index contributed by atoms with van der Waals surface area (Å²) in [5.41, 5.74) is 2.39. The molecule has 2 aromatic rings. The van der Waals surface area contributed by atoms with Crippen molar-refractivity contribution in [2.45, 2.75) is 32.7 Å². The van der Waals surface area contributed by atoms with Gasteiger partial charge in [-0.05, 0) is 18.9 Å². The SMILES string of the molecule is Cc1ccc(Cc2nnc3n2CC(C(=O)O)CC3)cc1. The van der Waals surface area contributed by atoms with Crippen molar-refractivity contribution in [3.63, 3.8) is 0 Å². The number of carbonyl (C=O) groups is 1. The molecular weight excluding hydrogens is 254 g/mol. The van der Waals surface area contributed by atoms with Gasteiger partial charge in [-0.1, -0.05) is 29.8 Å². The minimum absolute atomic E-state index is 0.324. The number of nitrogens with zero attached hydrogens (tertiary/aromatic N) is 3. The van der Waals surface area contributed by atoms with Crippen LogP contribution in [0.5, 0.6) is 0 Å². The Labute approximate surface area is 117 Å². The van der Waals surface area contributed by atoms with Crippen molar-refractivity contribution in [1.29, 1.82) is 0 Å². The molecule has 104 valence electrons. The Bertz CT molecular complexity index is 631. The topological polar surface area (TPSA) is 68.0 Å². The number of carboxylic acid groups (broad SMARTS) is 1. The van der Waals surface area contributed by atoms with Crippen LogP contribution in [0.1, 0.15) is 29.2 Å². The molecule has 3 rings (SSSR count). The minimum Gasteiger partial charge on any atom is -0.481 e. The molecule has 1 aromatic carbocycles. The molecule has 5 nitrogen and oxygen atoms in total. The predicted molar refractivity (Wildman–Crippen MR) is 73.5 cm³/mol. The molecule has 0 spiro atoms. The molecular formula is C15H17N3O2. The van der Waals surface area contributed by atoms with E-state index in [1.807, 2.05) is 4.57 Å². The maximum absolute atomic E-state index is 11.1. The van der Waals surface area contributed by atoms with Gasteiger partial charge < -0.3 is 9.67 Å². The van der Waals surface area contributed by atoms with Crippen LogP contribution < -0.4 is 0 Å². The van der Waals surface area contributed by atoms with Gasteiger partial charge in [0, 0.05) is 19.4 Å². The van der Waals surface area contributed by atoms with Gasteiger partial charge in [-0.3, -0.25) is 4.79 Å². The summed E-state index contributed by atoms with van der Waals surface area (Å²) in [6.07, 6.45) is 2.04. The number of fused-ring (bicyclic) bond motifs is 1. The van der Waals surface area contributed by atoms with Crippen molar-refractivity contribution in [1.82, 2.24) is 14.8 Å². The van der Waals surface area contributed by atoms with Crippen molar-refractivity contribution in [2.24, 2.45) is 5.92 Å². The lowest BCUT2D eigenvalue weighted by Crippen LogP contribution is -2.27. The van der Waals surface area contributed by atoms with E-state index in [4.69, 9.17) is 5.11 Å². The molecule has 0 bridgehead atoms. The molecule has 1 unspecified atom stereocenters. The minimum atomic E-state index is -0.731. The Morgan fingerprint density at radius 1 is 1.35 bits per heavy atom. The van der Waals surface area contributed by atoms with Crippen molar-refractivity contribution in [2.75, 3.05) is 0 Å². The second-order valence-electron chi connectivity index (χ2n) is 5.38. The number of benzene rings is 1. The van der Waals surface area contributed by atoms with Gasteiger partial charge in [0.25, 0.3) is 0 Å². The van der Waals surface area contributed by atoms with E-state index in [1.54, 1.807) is 0 Å². The summed E-state index contributed by atoms with van der Waals surface area (Å²) in [4.78, 5) is 11.1. The Morgan fingerprint density at radius 3 is 2.80 bits per heavy atom. The number of aliphatic carboxylic acids is 1. The first-order valence-electron chi connectivity index (χ1n) is 6.83. The van der Waals surface area contributed by atoms with E-state index in [1.165, 1.54) is 11.1 Å². The maximum atomic E-state index is 11.1. The van der Waals surface area contributed by atoms with Crippen LogP contribution in [0.4, 0.5) is 0 Å². The van der Waals surface area contributed by atoms with Crippen molar-refractivity contribution < 1.29 is 9.90 Å². The molecule has 1 N–H and O–H groups in total. The van der Waals surface area contributed by atoms with Crippen molar-refractivity contribution >= 4 is 5.97 Å². The van der Waals surface area contributed by atoms with Gasteiger partial charge in [0.05, 0.1) is 5.92 Å². The van der Waals surface area contributed by atoms with Crippen molar-refractivity contribution in [3.05, 3.63) is 47.0 Å². The molecule has 1 aliphatic rings. The average molecular weight is 271 g/mol. The zero-order chi connectivity index (χ0) is 14.1. The number of rotatable bonds is 3. The fourth-order valence-corrected chi connectivity index (χ4v) is 2.60. The van der Waals surface area contributed by atoms with Gasteiger partial charge in [0.15, 0.2) is 0 Å². The highest BCUT2D eigenvalue weighted by molar-refractivity contribution is 5.70. The average Bonchev–Trinajstić information content (AvgIpc) is 2.84. The molecule has 1 aliphatic heterocycles. The maximum Gasteiger partial charge on any atom is 0.308 e. The monoisotopic (exact) mass is 271 g/mol. The quantitative estimate of drug-likeness (QED) is 0.924. The first-order chi connectivity index (χ1) is 9.63. The fraction of sp³-hybridized carbons (Fsp3) is 0.400. The molecule has 0 saturated carbocycles. The Balaban J connectivity index is 1.83. The third-order valence-corrected chi connectivity index (χ3v) is 3.86. The molecule has 0 saturated heterocycles. The van der Waals surface area contributed by atoms with Crippen LogP contribution in [0.2, 0.25) is 0 Å². The van der Waals surface area contributed by atoms with Gasteiger partial charge >= 0.3 is 5.97 Å². The van der Waals surface area contributed by atoms with E-state index in [-0.39, 0.29) is 5.92 Å². The van der Waals surface area contributed by atoms with E-state index in [9.17, 15) is 4.79 Å². The highest BCUT2D eigenvalue weighted by Crippen LogP contribution is 2.21. The molecule has 2 heterocycles.